The number of nitrogens with one attached hydrogen (secondary N) is 2. The summed E-state index contributed by atoms with van der Waals surface area (Å²) in [7, 11) is -3.40. The van der Waals surface area contributed by atoms with Crippen LogP contribution in [0.2, 0.25) is 5.02 Å². The summed E-state index contributed by atoms with van der Waals surface area (Å²) in [5.41, 5.74) is 0.890. The molecule has 7 heteroatoms. The van der Waals surface area contributed by atoms with E-state index < -0.39 is 9.84 Å². The SMILES string of the molecule is O=c1[nH]ccc(Cc2ccccc2S(=O)(=O)CCNCC2CC2)c1Cl. The summed E-state index contributed by atoms with van der Waals surface area (Å²) in [6.45, 7) is 1.33. The molecule has 0 radical (unpaired) electrons. The van der Waals surface area contributed by atoms with E-state index >= 15 is 0 Å². The number of hydrogen-bond acceptors (Lipinski definition) is 4. The second-order valence-corrected chi connectivity index (χ2v) is 8.85. The fraction of sp³-hybridized carbons (Fsp3) is 0.389. The predicted octanol–water partition coefficient (Wildman–Crippen LogP) is 2.39. The highest BCUT2D eigenvalue weighted by molar-refractivity contribution is 7.91. The Hall–Kier alpha value is -1.63. The maximum Gasteiger partial charge on any atom is 0.266 e. The number of rotatable bonds is 8. The second-order valence-electron chi connectivity index (χ2n) is 6.40. The van der Waals surface area contributed by atoms with E-state index in [1.807, 2.05) is 0 Å². The molecule has 1 aliphatic rings. The lowest BCUT2D eigenvalue weighted by atomic mass is 10.1. The molecule has 0 bridgehead atoms. The van der Waals surface area contributed by atoms with Crippen molar-refractivity contribution in [3.05, 3.63) is 63.0 Å². The molecule has 1 fully saturated rings. The van der Waals surface area contributed by atoms with Gasteiger partial charge in [0.25, 0.3) is 5.56 Å². The predicted molar refractivity (Wildman–Crippen MR) is 99.0 cm³/mol. The zero-order chi connectivity index (χ0) is 17.9. The van der Waals surface area contributed by atoms with Crippen molar-refractivity contribution in [2.24, 2.45) is 5.92 Å². The van der Waals surface area contributed by atoms with Gasteiger partial charge in [0.2, 0.25) is 0 Å². The van der Waals surface area contributed by atoms with Crippen molar-refractivity contribution in [2.75, 3.05) is 18.8 Å². The number of hydrogen-bond donors (Lipinski definition) is 2. The Balaban J connectivity index is 1.77. The minimum absolute atomic E-state index is 0.0554. The van der Waals surface area contributed by atoms with Gasteiger partial charge < -0.3 is 10.3 Å². The molecule has 1 saturated carbocycles. The first-order chi connectivity index (χ1) is 12.0. The largest absolute Gasteiger partial charge is 0.328 e. The smallest absolute Gasteiger partial charge is 0.266 e. The van der Waals surface area contributed by atoms with Crippen molar-refractivity contribution in [1.29, 1.82) is 0 Å². The summed E-state index contributed by atoms with van der Waals surface area (Å²) >= 11 is 6.04. The number of benzene rings is 1. The summed E-state index contributed by atoms with van der Waals surface area (Å²) in [5, 5.41) is 3.31. The molecule has 0 saturated heterocycles. The van der Waals surface area contributed by atoms with Crippen LogP contribution in [0.3, 0.4) is 0 Å². The summed E-state index contributed by atoms with van der Waals surface area (Å²) in [6, 6.07) is 8.59. The van der Waals surface area contributed by atoms with Gasteiger partial charge in [0.05, 0.1) is 10.6 Å². The summed E-state index contributed by atoms with van der Waals surface area (Å²) in [5.74, 6) is 0.771. The van der Waals surface area contributed by atoms with Crippen LogP contribution < -0.4 is 10.9 Å². The topological polar surface area (TPSA) is 79.0 Å². The third-order valence-corrected chi connectivity index (χ3v) is 6.57. The van der Waals surface area contributed by atoms with Gasteiger partial charge in [-0.3, -0.25) is 4.79 Å². The molecule has 0 spiro atoms. The first kappa shape index (κ1) is 18.2. The lowest BCUT2D eigenvalue weighted by Crippen LogP contribution is -2.25. The van der Waals surface area contributed by atoms with E-state index in [1.165, 1.54) is 19.0 Å². The van der Waals surface area contributed by atoms with Gasteiger partial charge in [0.1, 0.15) is 5.02 Å². The van der Waals surface area contributed by atoms with Crippen molar-refractivity contribution in [3.63, 3.8) is 0 Å². The van der Waals surface area contributed by atoms with Crippen LogP contribution in [-0.2, 0) is 16.3 Å². The van der Waals surface area contributed by atoms with Gasteiger partial charge in [0.15, 0.2) is 9.84 Å². The molecule has 2 N–H and O–H groups in total. The number of H-pyrrole nitrogens is 1. The average molecular weight is 381 g/mol. The van der Waals surface area contributed by atoms with Crippen LogP contribution in [0.4, 0.5) is 0 Å². The number of sulfone groups is 1. The molecule has 1 aliphatic carbocycles. The molecule has 5 nitrogen and oxygen atoms in total. The molecule has 134 valence electrons. The van der Waals surface area contributed by atoms with Crippen molar-refractivity contribution in [3.8, 4) is 0 Å². The second kappa shape index (κ2) is 7.72. The number of pyridine rings is 1. The zero-order valence-corrected chi connectivity index (χ0v) is 15.4. The minimum Gasteiger partial charge on any atom is -0.328 e. The molecule has 3 rings (SSSR count). The summed E-state index contributed by atoms with van der Waals surface area (Å²) < 4.78 is 25.4. The van der Waals surface area contributed by atoms with Crippen LogP contribution in [-0.4, -0.2) is 32.2 Å². The molecular formula is C18H21ClN2O3S. The van der Waals surface area contributed by atoms with Gasteiger partial charge in [-0.05, 0) is 48.6 Å². The van der Waals surface area contributed by atoms with Gasteiger partial charge in [-0.2, -0.15) is 0 Å². The van der Waals surface area contributed by atoms with Crippen molar-refractivity contribution in [2.45, 2.75) is 24.2 Å². The van der Waals surface area contributed by atoms with Crippen LogP contribution in [0.25, 0.3) is 0 Å². The Morgan fingerprint density at radius 2 is 1.92 bits per heavy atom. The molecule has 2 aromatic rings. The Morgan fingerprint density at radius 3 is 2.68 bits per heavy atom. The fourth-order valence-electron chi connectivity index (χ4n) is 2.74. The zero-order valence-electron chi connectivity index (χ0n) is 13.8. The number of halogens is 1. The maximum atomic E-state index is 12.7. The van der Waals surface area contributed by atoms with Crippen LogP contribution in [0.5, 0.6) is 0 Å². The maximum absolute atomic E-state index is 12.7. The molecule has 0 atom stereocenters. The molecule has 0 amide bonds. The molecular weight excluding hydrogens is 360 g/mol. The highest BCUT2D eigenvalue weighted by Gasteiger charge is 2.22. The third kappa shape index (κ3) is 4.71. The highest BCUT2D eigenvalue weighted by Crippen LogP contribution is 2.27. The first-order valence-corrected chi connectivity index (χ1v) is 10.4. The lowest BCUT2D eigenvalue weighted by molar-refractivity contribution is 0.587. The number of aromatic nitrogens is 1. The highest BCUT2D eigenvalue weighted by atomic mass is 35.5. The standard InChI is InChI=1S/C18H21ClN2O3S/c19-17-15(7-8-21-18(17)22)11-14-3-1-2-4-16(14)25(23,24)10-9-20-12-13-5-6-13/h1-4,7-8,13,20H,5-6,9-12H2,(H,21,22). The summed E-state index contributed by atoms with van der Waals surface area (Å²) in [6.07, 6.45) is 4.29. The van der Waals surface area contributed by atoms with Gasteiger partial charge in [-0.1, -0.05) is 29.8 Å². The van der Waals surface area contributed by atoms with Gasteiger partial charge in [-0.15, -0.1) is 0 Å². The minimum atomic E-state index is -3.40. The molecule has 1 aromatic carbocycles. The van der Waals surface area contributed by atoms with Crippen LogP contribution in [0, 0.1) is 5.92 Å². The van der Waals surface area contributed by atoms with E-state index in [9.17, 15) is 13.2 Å². The van der Waals surface area contributed by atoms with Gasteiger partial charge in [0, 0.05) is 19.2 Å². The number of aromatic amines is 1. The Bertz CT molecular complexity index is 905. The Labute approximate surface area is 152 Å². The van der Waals surface area contributed by atoms with E-state index in [-0.39, 0.29) is 16.3 Å². The van der Waals surface area contributed by atoms with Crippen LogP contribution in [0.15, 0.2) is 46.2 Å². The normalized spacial score (nSPS) is 14.6. The van der Waals surface area contributed by atoms with Crippen LogP contribution in [0.1, 0.15) is 24.0 Å². The first-order valence-electron chi connectivity index (χ1n) is 8.35. The lowest BCUT2D eigenvalue weighted by Gasteiger charge is -2.12. The van der Waals surface area contributed by atoms with E-state index in [4.69, 9.17) is 11.6 Å². The van der Waals surface area contributed by atoms with E-state index in [0.29, 0.717) is 34.9 Å². The average Bonchev–Trinajstić information content (AvgIpc) is 3.41. The van der Waals surface area contributed by atoms with Crippen molar-refractivity contribution >= 4 is 21.4 Å². The quantitative estimate of drug-likeness (QED) is 0.689. The molecule has 25 heavy (non-hydrogen) atoms. The fourth-order valence-corrected chi connectivity index (χ4v) is 4.38. The van der Waals surface area contributed by atoms with E-state index in [1.54, 1.807) is 30.3 Å². The van der Waals surface area contributed by atoms with Gasteiger partial charge >= 0.3 is 0 Å². The third-order valence-electron chi connectivity index (χ3n) is 4.35. The Kier molecular flexibility index (Phi) is 5.61. The van der Waals surface area contributed by atoms with E-state index in [2.05, 4.69) is 10.3 Å². The molecule has 0 unspecified atom stereocenters. The van der Waals surface area contributed by atoms with E-state index in [0.717, 1.165) is 6.54 Å². The molecule has 1 aromatic heterocycles. The Morgan fingerprint density at radius 1 is 1.16 bits per heavy atom. The van der Waals surface area contributed by atoms with Crippen molar-refractivity contribution in [1.82, 2.24) is 10.3 Å². The molecule has 0 aliphatic heterocycles. The molecule has 1 heterocycles. The monoisotopic (exact) mass is 380 g/mol. The summed E-state index contributed by atoms with van der Waals surface area (Å²) in [4.78, 5) is 14.4. The van der Waals surface area contributed by atoms with Crippen molar-refractivity contribution < 1.29 is 8.42 Å². The van der Waals surface area contributed by atoms with Gasteiger partial charge in [-0.25, -0.2) is 8.42 Å². The van der Waals surface area contributed by atoms with Crippen LogP contribution >= 0.6 is 11.6 Å².